The standard InChI is InChI=1S/C16H25N5O3/c1-16(24-3)10-21(11-16)15(23)18-12-5-4-7-20(14(12)22)9-13-17-6-8-19(13)2/h6,8,12H,4-5,7,9-11H2,1-3H3,(H,18,23). The summed E-state index contributed by atoms with van der Waals surface area (Å²) in [5.74, 6) is 0.807. The summed E-state index contributed by atoms with van der Waals surface area (Å²) in [7, 11) is 3.56. The molecule has 0 aromatic carbocycles. The number of hydrogen-bond acceptors (Lipinski definition) is 4. The van der Waals surface area contributed by atoms with Crippen molar-refractivity contribution < 1.29 is 14.3 Å². The second-order valence-corrected chi connectivity index (χ2v) is 6.87. The van der Waals surface area contributed by atoms with Gasteiger partial charge in [0.15, 0.2) is 0 Å². The van der Waals surface area contributed by atoms with Crippen LogP contribution in [0.3, 0.4) is 0 Å². The van der Waals surface area contributed by atoms with E-state index in [-0.39, 0.29) is 17.5 Å². The maximum Gasteiger partial charge on any atom is 0.318 e. The first kappa shape index (κ1) is 16.8. The molecule has 1 N–H and O–H groups in total. The Morgan fingerprint density at radius 3 is 2.88 bits per heavy atom. The molecule has 2 saturated heterocycles. The zero-order valence-corrected chi connectivity index (χ0v) is 14.5. The van der Waals surface area contributed by atoms with Gasteiger partial charge in [-0.3, -0.25) is 4.79 Å². The summed E-state index contributed by atoms with van der Waals surface area (Å²) in [6.07, 6.45) is 5.13. The Morgan fingerprint density at radius 2 is 2.25 bits per heavy atom. The van der Waals surface area contributed by atoms with Gasteiger partial charge >= 0.3 is 6.03 Å². The minimum Gasteiger partial charge on any atom is -0.375 e. The molecule has 0 aliphatic carbocycles. The topological polar surface area (TPSA) is 79.7 Å². The number of urea groups is 1. The number of imidazole rings is 1. The maximum absolute atomic E-state index is 12.6. The summed E-state index contributed by atoms with van der Waals surface area (Å²) in [5.41, 5.74) is -0.266. The van der Waals surface area contributed by atoms with Gasteiger partial charge in [0.25, 0.3) is 0 Å². The fourth-order valence-electron chi connectivity index (χ4n) is 3.22. The lowest BCUT2D eigenvalue weighted by Crippen LogP contribution is -2.66. The lowest BCUT2D eigenvalue weighted by atomic mass is 9.97. The number of ether oxygens (including phenoxy) is 1. The molecule has 3 amide bonds. The first-order valence-corrected chi connectivity index (χ1v) is 8.27. The van der Waals surface area contributed by atoms with Crippen LogP contribution in [0.25, 0.3) is 0 Å². The molecular formula is C16H25N5O3. The third-order valence-electron chi connectivity index (χ3n) is 4.91. The number of likely N-dealkylation sites (tertiary alicyclic amines) is 2. The molecule has 0 saturated carbocycles. The number of carbonyl (C=O) groups is 2. The highest BCUT2D eigenvalue weighted by Crippen LogP contribution is 2.24. The van der Waals surface area contributed by atoms with Gasteiger partial charge in [-0.15, -0.1) is 0 Å². The number of amides is 3. The van der Waals surface area contributed by atoms with E-state index in [9.17, 15) is 9.59 Å². The van der Waals surface area contributed by atoms with E-state index in [1.165, 1.54) is 0 Å². The number of aromatic nitrogens is 2. The third-order valence-corrected chi connectivity index (χ3v) is 4.91. The third kappa shape index (κ3) is 3.24. The van der Waals surface area contributed by atoms with Crippen LogP contribution in [-0.4, -0.2) is 69.7 Å². The number of aryl methyl sites for hydroxylation is 1. The van der Waals surface area contributed by atoms with Crippen molar-refractivity contribution in [3.05, 3.63) is 18.2 Å². The number of methoxy groups -OCH3 is 1. The number of rotatable bonds is 4. The van der Waals surface area contributed by atoms with Crippen molar-refractivity contribution in [3.63, 3.8) is 0 Å². The van der Waals surface area contributed by atoms with Crippen molar-refractivity contribution in [3.8, 4) is 0 Å². The van der Waals surface area contributed by atoms with Gasteiger partial charge in [0.05, 0.1) is 19.6 Å². The monoisotopic (exact) mass is 335 g/mol. The first-order valence-electron chi connectivity index (χ1n) is 8.27. The molecule has 3 rings (SSSR count). The Balaban J connectivity index is 1.55. The smallest absolute Gasteiger partial charge is 0.318 e. The van der Waals surface area contributed by atoms with Crippen LogP contribution in [-0.2, 0) is 23.1 Å². The average molecular weight is 335 g/mol. The minimum atomic E-state index is -0.457. The van der Waals surface area contributed by atoms with Crippen LogP contribution in [0.1, 0.15) is 25.6 Å². The normalized spacial score (nSPS) is 23.1. The predicted molar refractivity (Wildman–Crippen MR) is 87.2 cm³/mol. The fourth-order valence-corrected chi connectivity index (χ4v) is 3.22. The summed E-state index contributed by atoms with van der Waals surface area (Å²) < 4.78 is 7.25. The number of piperidine rings is 1. The van der Waals surface area contributed by atoms with Crippen LogP contribution >= 0.6 is 0 Å². The van der Waals surface area contributed by atoms with Gasteiger partial charge < -0.3 is 24.4 Å². The summed E-state index contributed by atoms with van der Waals surface area (Å²) >= 11 is 0. The largest absolute Gasteiger partial charge is 0.375 e. The molecule has 132 valence electrons. The molecule has 2 aliphatic heterocycles. The van der Waals surface area contributed by atoms with Gasteiger partial charge in [-0.25, -0.2) is 9.78 Å². The van der Waals surface area contributed by atoms with Crippen molar-refractivity contribution in [2.45, 2.75) is 38.0 Å². The van der Waals surface area contributed by atoms with Gasteiger partial charge in [0.1, 0.15) is 17.5 Å². The number of hydrogen-bond donors (Lipinski definition) is 1. The lowest BCUT2D eigenvalue weighted by Gasteiger charge is -2.47. The van der Waals surface area contributed by atoms with E-state index in [1.807, 2.05) is 24.7 Å². The number of carbonyl (C=O) groups excluding carboxylic acids is 2. The Labute approximate surface area is 141 Å². The Morgan fingerprint density at radius 1 is 1.50 bits per heavy atom. The first-order chi connectivity index (χ1) is 11.4. The summed E-state index contributed by atoms with van der Waals surface area (Å²) in [6.45, 7) is 4.24. The highest BCUT2D eigenvalue weighted by atomic mass is 16.5. The van der Waals surface area contributed by atoms with E-state index >= 15 is 0 Å². The molecule has 2 fully saturated rings. The molecule has 24 heavy (non-hydrogen) atoms. The van der Waals surface area contributed by atoms with Crippen LogP contribution in [0.2, 0.25) is 0 Å². The predicted octanol–water partition coefficient (Wildman–Crippen LogP) is 0.341. The second-order valence-electron chi connectivity index (χ2n) is 6.87. The molecule has 1 aromatic rings. The second kappa shape index (κ2) is 6.43. The van der Waals surface area contributed by atoms with Crippen LogP contribution in [0.5, 0.6) is 0 Å². The molecule has 1 unspecified atom stereocenters. The Hall–Kier alpha value is -2.09. The number of nitrogens with zero attached hydrogens (tertiary/aromatic N) is 4. The van der Waals surface area contributed by atoms with Crippen molar-refractivity contribution in [2.24, 2.45) is 7.05 Å². The molecule has 0 spiro atoms. The molecule has 0 bridgehead atoms. The van der Waals surface area contributed by atoms with Crippen molar-refractivity contribution in [1.82, 2.24) is 24.7 Å². The van der Waals surface area contributed by atoms with Gasteiger partial charge in [0, 0.05) is 33.1 Å². The molecule has 0 radical (unpaired) electrons. The van der Waals surface area contributed by atoms with Gasteiger partial charge in [0.2, 0.25) is 5.91 Å². The molecule has 8 nitrogen and oxygen atoms in total. The van der Waals surface area contributed by atoms with Crippen LogP contribution in [0, 0.1) is 0 Å². The van der Waals surface area contributed by atoms with E-state index in [0.717, 1.165) is 12.2 Å². The highest BCUT2D eigenvalue weighted by molar-refractivity contribution is 5.87. The maximum atomic E-state index is 12.6. The zero-order chi connectivity index (χ0) is 17.3. The summed E-state index contributed by atoms with van der Waals surface area (Å²) in [5, 5.41) is 2.87. The van der Waals surface area contributed by atoms with Crippen molar-refractivity contribution in [2.75, 3.05) is 26.7 Å². The van der Waals surface area contributed by atoms with Crippen LogP contribution < -0.4 is 5.32 Å². The lowest BCUT2D eigenvalue weighted by molar-refractivity contribution is -0.136. The summed E-state index contributed by atoms with van der Waals surface area (Å²) in [6, 6.07) is -0.650. The molecule has 1 atom stereocenters. The van der Waals surface area contributed by atoms with Gasteiger partial charge in [-0.1, -0.05) is 0 Å². The average Bonchev–Trinajstić information content (AvgIpc) is 2.93. The molecule has 8 heteroatoms. The van der Waals surface area contributed by atoms with E-state index in [2.05, 4.69) is 10.3 Å². The highest BCUT2D eigenvalue weighted by Gasteiger charge is 2.42. The molecule has 2 aliphatic rings. The molecule has 1 aromatic heterocycles. The SMILES string of the molecule is COC1(C)CN(C(=O)NC2CCCN(Cc3nccn3C)C2=O)C1. The molecule has 3 heterocycles. The quantitative estimate of drug-likeness (QED) is 0.861. The van der Waals surface area contributed by atoms with E-state index in [0.29, 0.717) is 32.6 Å². The van der Waals surface area contributed by atoms with E-state index in [4.69, 9.17) is 4.74 Å². The van der Waals surface area contributed by atoms with Crippen molar-refractivity contribution in [1.29, 1.82) is 0 Å². The Kier molecular flexibility index (Phi) is 4.49. The van der Waals surface area contributed by atoms with Crippen LogP contribution in [0.4, 0.5) is 4.79 Å². The summed E-state index contributed by atoms with van der Waals surface area (Å²) in [4.78, 5) is 32.6. The Bertz CT molecular complexity index is 623. The van der Waals surface area contributed by atoms with E-state index in [1.54, 1.807) is 23.1 Å². The fraction of sp³-hybridized carbons (Fsp3) is 0.688. The van der Waals surface area contributed by atoms with Crippen LogP contribution in [0.15, 0.2) is 12.4 Å². The molecular weight excluding hydrogens is 310 g/mol. The van der Waals surface area contributed by atoms with Crippen molar-refractivity contribution >= 4 is 11.9 Å². The van der Waals surface area contributed by atoms with Gasteiger partial charge in [-0.2, -0.15) is 0 Å². The minimum absolute atomic E-state index is 0.0346. The van der Waals surface area contributed by atoms with E-state index < -0.39 is 6.04 Å². The van der Waals surface area contributed by atoms with Gasteiger partial charge in [-0.05, 0) is 19.8 Å². The zero-order valence-electron chi connectivity index (χ0n) is 14.5. The number of nitrogens with one attached hydrogen (secondary N) is 1.